The maximum atomic E-state index is 6.78. The molecular formula is C69H45NO. The Morgan fingerprint density at radius 3 is 1.46 bits per heavy atom. The largest absolute Gasteiger partial charge is 0.455 e. The highest BCUT2D eigenvalue weighted by atomic mass is 16.3. The molecule has 14 rings (SSSR count). The second kappa shape index (κ2) is 16.5. The molecule has 332 valence electrons. The van der Waals surface area contributed by atoms with Crippen molar-refractivity contribution in [3.63, 3.8) is 0 Å². The summed E-state index contributed by atoms with van der Waals surface area (Å²) in [4.78, 5) is 2.37. The smallest absolute Gasteiger partial charge is 0.143 e. The van der Waals surface area contributed by atoms with E-state index in [1.807, 2.05) is 0 Å². The minimum Gasteiger partial charge on any atom is -0.455 e. The summed E-state index contributed by atoms with van der Waals surface area (Å²) in [7, 11) is 0. The lowest BCUT2D eigenvalue weighted by atomic mass is 9.67. The summed E-state index contributed by atoms with van der Waals surface area (Å²) in [6, 6.07) is 99.7. The predicted octanol–water partition coefficient (Wildman–Crippen LogP) is 18.7. The molecule has 1 aliphatic rings. The van der Waals surface area contributed by atoms with Crippen molar-refractivity contribution < 1.29 is 4.42 Å². The zero-order valence-electron chi connectivity index (χ0n) is 38.8. The topological polar surface area (TPSA) is 16.4 Å². The number of benzene rings is 12. The normalized spacial score (nSPS) is 12.6. The molecule has 2 heteroatoms. The van der Waals surface area contributed by atoms with Crippen LogP contribution in [0.2, 0.25) is 0 Å². The maximum Gasteiger partial charge on any atom is 0.143 e. The molecule has 0 amide bonds. The Labute approximate surface area is 413 Å². The fourth-order valence-electron chi connectivity index (χ4n) is 11.7. The van der Waals surface area contributed by atoms with E-state index in [0.717, 1.165) is 55.5 Å². The van der Waals surface area contributed by atoms with Gasteiger partial charge in [-0.25, -0.2) is 0 Å². The van der Waals surface area contributed by atoms with E-state index in [2.05, 4.69) is 278 Å². The first-order valence-corrected chi connectivity index (χ1v) is 24.5. The number of nitrogens with zero attached hydrogens (tertiary/aromatic N) is 1. The highest BCUT2D eigenvalue weighted by Gasteiger charge is 2.46. The minimum atomic E-state index is -0.462. The molecular weight excluding hydrogens is 859 g/mol. The van der Waals surface area contributed by atoms with Gasteiger partial charge in [-0.15, -0.1) is 0 Å². The van der Waals surface area contributed by atoms with Crippen molar-refractivity contribution in [2.75, 3.05) is 4.90 Å². The number of furan rings is 1. The Morgan fingerprint density at radius 2 is 0.761 bits per heavy atom. The summed E-state index contributed by atoms with van der Waals surface area (Å²) >= 11 is 0. The van der Waals surface area contributed by atoms with Crippen molar-refractivity contribution in [3.8, 4) is 44.5 Å². The Kier molecular flexibility index (Phi) is 9.47. The van der Waals surface area contributed by atoms with E-state index in [9.17, 15) is 0 Å². The SMILES string of the molecule is c1ccc(C2(c3ccccc3)c3ccccc3-c3c(-c4ccc(N(c5ccc(-c6ccc7ccccc7c6)cc5)c5ccc(-c6cccc7c6oc6c8ccccc8ccc76)cc5)cc4)cccc32)cc1. The molecule has 0 fully saturated rings. The predicted molar refractivity (Wildman–Crippen MR) is 297 cm³/mol. The van der Waals surface area contributed by atoms with Gasteiger partial charge in [-0.2, -0.15) is 0 Å². The van der Waals surface area contributed by atoms with Crippen molar-refractivity contribution in [3.05, 3.63) is 295 Å². The average molecular weight is 904 g/mol. The first kappa shape index (κ1) is 40.8. The zero-order chi connectivity index (χ0) is 46.9. The molecule has 0 unspecified atom stereocenters. The Bertz CT molecular complexity index is 4090. The minimum absolute atomic E-state index is 0.462. The third-order valence-corrected chi connectivity index (χ3v) is 15.0. The van der Waals surface area contributed by atoms with Gasteiger partial charge in [0.1, 0.15) is 11.2 Å². The molecule has 0 N–H and O–H groups in total. The molecule has 1 heterocycles. The highest BCUT2D eigenvalue weighted by Crippen LogP contribution is 2.58. The van der Waals surface area contributed by atoms with Gasteiger partial charge in [0.25, 0.3) is 0 Å². The van der Waals surface area contributed by atoms with Crippen molar-refractivity contribution in [2.45, 2.75) is 5.41 Å². The Balaban J connectivity index is 0.882. The summed E-state index contributed by atoms with van der Waals surface area (Å²) in [5.74, 6) is 0. The van der Waals surface area contributed by atoms with Gasteiger partial charge >= 0.3 is 0 Å². The summed E-state index contributed by atoms with van der Waals surface area (Å²) < 4.78 is 6.78. The van der Waals surface area contributed by atoms with Gasteiger partial charge in [-0.1, -0.05) is 224 Å². The third-order valence-electron chi connectivity index (χ3n) is 15.0. The van der Waals surface area contributed by atoms with E-state index in [-0.39, 0.29) is 0 Å². The van der Waals surface area contributed by atoms with Crippen LogP contribution in [0.3, 0.4) is 0 Å². The molecule has 0 saturated heterocycles. The van der Waals surface area contributed by atoms with Gasteiger partial charge < -0.3 is 9.32 Å². The van der Waals surface area contributed by atoms with Crippen LogP contribution >= 0.6 is 0 Å². The van der Waals surface area contributed by atoms with E-state index in [1.165, 1.54) is 71.8 Å². The number of fused-ring (bicyclic) bond motifs is 9. The molecule has 0 aliphatic heterocycles. The van der Waals surface area contributed by atoms with Crippen LogP contribution in [0.4, 0.5) is 17.1 Å². The molecule has 0 radical (unpaired) electrons. The molecule has 12 aromatic carbocycles. The van der Waals surface area contributed by atoms with Crippen LogP contribution in [0, 0.1) is 0 Å². The van der Waals surface area contributed by atoms with Crippen LogP contribution in [0.5, 0.6) is 0 Å². The lowest BCUT2D eigenvalue weighted by Crippen LogP contribution is -2.28. The van der Waals surface area contributed by atoms with Crippen LogP contribution in [0.1, 0.15) is 22.3 Å². The standard InChI is InChI=1S/C69H45NO/c1-3-18-53(19-4-1)69(54-20-5-2-6-21-54)64-27-12-11-23-63(64)66-58(24-14-28-65(66)69)49-33-40-56(41-34-49)70(55-38-31-47(32-39-55)52-30-29-46-15-7-8-17-51(46)45-52)57-42-35-50(36-43-57)60-25-13-26-61-62-44-37-48-16-9-10-22-59(48)68(62)71-67(60)61/h1-45H. The Hall–Kier alpha value is -9.24. The molecule has 13 aromatic rings. The van der Waals surface area contributed by atoms with Gasteiger partial charge in [-0.3, -0.25) is 0 Å². The van der Waals surface area contributed by atoms with Crippen LogP contribution < -0.4 is 4.90 Å². The molecule has 2 nitrogen and oxygen atoms in total. The van der Waals surface area contributed by atoms with E-state index >= 15 is 0 Å². The first-order chi connectivity index (χ1) is 35.2. The van der Waals surface area contributed by atoms with E-state index in [1.54, 1.807) is 0 Å². The molecule has 0 saturated carbocycles. The van der Waals surface area contributed by atoms with E-state index in [0.29, 0.717) is 0 Å². The lowest BCUT2D eigenvalue weighted by molar-refractivity contribution is 0.674. The van der Waals surface area contributed by atoms with Crippen molar-refractivity contribution in [1.29, 1.82) is 0 Å². The van der Waals surface area contributed by atoms with Crippen molar-refractivity contribution in [2.24, 2.45) is 0 Å². The van der Waals surface area contributed by atoms with Crippen LogP contribution in [-0.2, 0) is 5.41 Å². The maximum absolute atomic E-state index is 6.78. The monoisotopic (exact) mass is 903 g/mol. The average Bonchev–Trinajstić information content (AvgIpc) is 3.99. The number of para-hydroxylation sites is 1. The third kappa shape index (κ3) is 6.49. The lowest BCUT2D eigenvalue weighted by Gasteiger charge is -2.34. The molecule has 71 heavy (non-hydrogen) atoms. The molecule has 1 aromatic heterocycles. The summed E-state index contributed by atoms with van der Waals surface area (Å²) in [5, 5.41) is 7.04. The van der Waals surface area contributed by atoms with E-state index < -0.39 is 5.41 Å². The number of hydrogen-bond donors (Lipinski definition) is 0. The number of rotatable bonds is 8. The zero-order valence-corrected chi connectivity index (χ0v) is 38.8. The summed E-state index contributed by atoms with van der Waals surface area (Å²) in [6.07, 6.45) is 0. The fraction of sp³-hybridized carbons (Fsp3) is 0.0145. The Morgan fingerprint density at radius 1 is 0.282 bits per heavy atom. The quantitative estimate of drug-likeness (QED) is 0.151. The van der Waals surface area contributed by atoms with E-state index in [4.69, 9.17) is 4.42 Å². The van der Waals surface area contributed by atoms with Gasteiger partial charge in [0.05, 0.1) is 5.41 Å². The molecule has 0 atom stereocenters. The van der Waals surface area contributed by atoms with Crippen LogP contribution in [0.25, 0.3) is 88.0 Å². The molecule has 0 spiro atoms. The number of hydrogen-bond acceptors (Lipinski definition) is 2. The van der Waals surface area contributed by atoms with Gasteiger partial charge in [0, 0.05) is 38.8 Å². The fourth-order valence-corrected chi connectivity index (χ4v) is 11.7. The second-order valence-electron chi connectivity index (χ2n) is 18.7. The van der Waals surface area contributed by atoms with Crippen molar-refractivity contribution in [1.82, 2.24) is 0 Å². The number of anilines is 3. The molecule has 1 aliphatic carbocycles. The summed E-state index contributed by atoms with van der Waals surface area (Å²) in [6.45, 7) is 0. The van der Waals surface area contributed by atoms with Crippen LogP contribution in [-0.4, -0.2) is 0 Å². The second-order valence-corrected chi connectivity index (χ2v) is 18.7. The van der Waals surface area contributed by atoms with Gasteiger partial charge in [0.2, 0.25) is 0 Å². The van der Waals surface area contributed by atoms with Gasteiger partial charge in [0.15, 0.2) is 0 Å². The first-order valence-electron chi connectivity index (χ1n) is 24.5. The highest BCUT2D eigenvalue weighted by molar-refractivity contribution is 6.17. The molecule has 0 bridgehead atoms. The summed E-state index contributed by atoms with van der Waals surface area (Å²) in [5.41, 5.74) is 19.2. The van der Waals surface area contributed by atoms with Gasteiger partial charge in [-0.05, 0) is 126 Å². The van der Waals surface area contributed by atoms with Crippen LogP contribution in [0.15, 0.2) is 277 Å². The van der Waals surface area contributed by atoms with Crippen molar-refractivity contribution >= 4 is 60.5 Å².